The van der Waals surface area contributed by atoms with Gasteiger partial charge in [-0.3, -0.25) is 0 Å². The van der Waals surface area contributed by atoms with Crippen molar-refractivity contribution in [2.75, 3.05) is 15.5 Å². The average molecular weight is 1110 g/mol. The van der Waals surface area contributed by atoms with Crippen LogP contribution in [-0.2, 0) is 22.0 Å². The number of aromatic nitrogens is 1. The Bertz CT molecular complexity index is 4510. The Kier molecular flexibility index (Phi) is 11.9. The number of nitrogen functional groups attached to an aromatic ring is 1. The van der Waals surface area contributed by atoms with Crippen molar-refractivity contribution in [3.05, 3.63) is 282 Å². The minimum atomic E-state index is -0.267. The van der Waals surface area contributed by atoms with E-state index in [9.17, 15) is 0 Å². The van der Waals surface area contributed by atoms with Gasteiger partial charge in [0.2, 0.25) is 0 Å². The van der Waals surface area contributed by atoms with Crippen LogP contribution in [0.3, 0.4) is 0 Å². The number of thioether (sulfide) groups is 1. The van der Waals surface area contributed by atoms with E-state index in [4.69, 9.17) is 10.7 Å². The lowest BCUT2D eigenvalue weighted by molar-refractivity contribution is 0.660. The zero-order chi connectivity index (χ0) is 56.4. The molecule has 0 spiro atoms. The van der Waals surface area contributed by atoms with Crippen molar-refractivity contribution in [1.82, 2.24) is 4.98 Å². The van der Waals surface area contributed by atoms with Gasteiger partial charge in [-0.05, 0) is 199 Å². The van der Waals surface area contributed by atoms with Gasteiger partial charge in [0.15, 0.2) is 0 Å². The summed E-state index contributed by atoms with van der Waals surface area (Å²) in [5, 5.41) is 1.03. The fraction of sp³-hybridized carbons (Fsp3) is 0.130. The number of anilines is 7. The highest BCUT2D eigenvalue weighted by Crippen LogP contribution is 2.55. The van der Waals surface area contributed by atoms with Gasteiger partial charge in [0.25, 0.3) is 0 Å². The molecule has 4 nitrogen and oxygen atoms in total. The molecule has 0 unspecified atom stereocenters. The SMILES string of the molecule is CC1(C)c2ccccc2-c2ccc(N(c3ccc(CSc4ccccc4N)cc3)c3ccc(-c4ccc5c(c4)C(C)(C)c4cc(N(c6ccc(-c7nc8ccccc8s7)cc6)c6ccc7c(c6)C(C)(C)c6ccccc6-7)ccc4-5)cc3)cc21. The van der Waals surface area contributed by atoms with Crippen molar-refractivity contribution >= 4 is 73.1 Å². The van der Waals surface area contributed by atoms with Crippen molar-refractivity contribution in [2.24, 2.45) is 0 Å². The molecule has 0 saturated carbocycles. The summed E-state index contributed by atoms with van der Waals surface area (Å²) in [5.74, 6) is 0.835. The van der Waals surface area contributed by atoms with Crippen molar-refractivity contribution < 1.29 is 0 Å². The second kappa shape index (κ2) is 19.3. The maximum atomic E-state index is 6.33. The molecular formula is C77H62N4S2. The molecule has 1 aromatic heterocycles. The average Bonchev–Trinajstić information content (AvgIpc) is 4.41. The molecule has 0 atom stereocenters. The molecule has 11 aromatic carbocycles. The predicted octanol–water partition coefficient (Wildman–Crippen LogP) is 21.4. The highest BCUT2D eigenvalue weighted by molar-refractivity contribution is 7.98. The van der Waals surface area contributed by atoms with E-state index in [1.807, 2.05) is 12.1 Å². The van der Waals surface area contributed by atoms with Crippen molar-refractivity contribution in [2.45, 2.75) is 68.4 Å². The number of hydrogen-bond acceptors (Lipinski definition) is 6. The van der Waals surface area contributed by atoms with E-state index >= 15 is 0 Å². The first-order chi connectivity index (χ1) is 40.3. The third-order valence-electron chi connectivity index (χ3n) is 18.2. The molecule has 3 aliphatic rings. The van der Waals surface area contributed by atoms with Gasteiger partial charge in [-0.1, -0.05) is 169 Å². The van der Waals surface area contributed by atoms with E-state index in [2.05, 4.69) is 282 Å². The molecule has 83 heavy (non-hydrogen) atoms. The second-order valence-corrected chi connectivity index (χ2v) is 26.2. The molecule has 0 aliphatic heterocycles. The highest BCUT2D eigenvalue weighted by atomic mass is 32.2. The number of fused-ring (bicyclic) bond motifs is 10. The maximum absolute atomic E-state index is 6.33. The molecule has 0 bridgehead atoms. The largest absolute Gasteiger partial charge is 0.398 e. The molecule has 6 heteroatoms. The van der Waals surface area contributed by atoms with Crippen LogP contribution >= 0.6 is 23.1 Å². The molecular weight excluding hydrogens is 1050 g/mol. The monoisotopic (exact) mass is 1110 g/mol. The summed E-state index contributed by atoms with van der Waals surface area (Å²) in [6, 6.07) is 90.0. The molecule has 0 amide bonds. The summed E-state index contributed by atoms with van der Waals surface area (Å²) >= 11 is 3.52. The van der Waals surface area contributed by atoms with Crippen LogP contribution in [0.4, 0.5) is 39.8 Å². The zero-order valence-corrected chi connectivity index (χ0v) is 49.2. The van der Waals surface area contributed by atoms with E-state index < -0.39 is 0 Å². The van der Waals surface area contributed by atoms with Gasteiger partial charge in [-0.25, -0.2) is 4.98 Å². The van der Waals surface area contributed by atoms with Crippen LogP contribution in [-0.4, -0.2) is 4.98 Å². The molecule has 0 saturated heterocycles. The van der Waals surface area contributed by atoms with Gasteiger partial charge in [0.1, 0.15) is 5.01 Å². The summed E-state index contributed by atoms with van der Waals surface area (Å²) in [6.07, 6.45) is 0. The van der Waals surface area contributed by atoms with Crippen molar-refractivity contribution in [3.8, 4) is 55.1 Å². The Hall–Kier alpha value is -8.94. The van der Waals surface area contributed by atoms with Crippen LogP contribution in [0.1, 0.15) is 80.5 Å². The van der Waals surface area contributed by atoms with Crippen molar-refractivity contribution in [1.29, 1.82) is 0 Å². The second-order valence-electron chi connectivity index (χ2n) is 24.2. The summed E-state index contributed by atoms with van der Waals surface area (Å²) in [5.41, 5.74) is 35.1. The fourth-order valence-electron chi connectivity index (χ4n) is 13.7. The third kappa shape index (κ3) is 8.36. The number of rotatable bonds is 11. The topological polar surface area (TPSA) is 45.4 Å². The van der Waals surface area contributed by atoms with Crippen molar-refractivity contribution in [3.63, 3.8) is 0 Å². The van der Waals surface area contributed by atoms with Crippen LogP contribution in [0.15, 0.2) is 248 Å². The van der Waals surface area contributed by atoms with Crippen LogP contribution in [0.5, 0.6) is 0 Å². The first-order valence-corrected chi connectivity index (χ1v) is 30.6. The molecule has 402 valence electrons. The Balaban J connectivity index is 0.765. The standard InChI is InChI=1S/C77H62N4S2/c1-75(2)64-17-9-7-15-58(64)61-40-36-55(44-67(61)75)80(52-30-23-48(24-31-52)47-82-72-21-13-11-19-70(72)78)53-32-25-49(26-33-53)51-29-39-60-63-42-38-57(46-69(63)77(5,6)66(60)43-51)81(54-34-27-50(28-35-54)74-79-71-20-12-14-22-73(71)83-74)56-37-41-62-59-16-8-10-18-65(59)76(3,4)68(62)45-56/h7-46H,47,78H2,1-6H3. The van der Waals surface area contributed by atoms with Gasteiger partial charge in [-0.15, -0.1) is 23.1 Å². The summed E-state index contributed by atoms with van der Waals surface area (Å²) in [6.45, 7) is 14.2. The van der Waals surface area contributed by atoms with Gasteiger partial charge in [0, 0.05) is 72.3 Å². The number of hydrogen-bond donors (Lipinski definition) is 1. The van der Waals surface area contributed by atoms with Crippen LogP contribution in [0.25, 0.3) is 65.3 Å². The van der Waals surface area contributed by atoms with E-state index in [1.165, 1.54) is 88.2 Å². The third-order valence-corrected chi connectivity index (χ3v) is 20.4. The smallest absolute Gasteiger partial charge is 0.124 e. The Morgan fingerprint density at radius 2 is 0.771 bits per heavy atom. The quantitative estimate of drug-likeness (QED) is 0.103. The van der Waals surface area contributed by atoms with Crippen LogP contribution in [0, 0.1) is 0 Å². The van der Waals surface area contributed by atoms with Gasteiger partial charge >= 0.3 is 0 Å². The molecule has 2 N–H and O–H groups in total. The summed E-state index contributed by atoms with van der Waals surface area (Å²) in [7, 11) is 0. The molecule has 3 aliphatic carbocycles. The lowest BCUT2D eigenvalue weighted by Crippen LogP contribution is -2.18. The number of nitrogens with zero attached hydrogens (tertiary/aromatic N) is 3. The molecule has 12 aromatic rings. The first-order valence-electron chi connectivity index (χ1n) is 28.8. The predicted molar refractivity (Wildman–Crippen MR) is 353 cm³/mol. The van der Waals surface area contributed by atoms with E-state index in [0.29, 0.717) is 0 Å². The molecule has 0 fully saturated rings. The lowest BCUT2D eigenvalue weighted by atomic mass is 9.81. The normalized spacial score (nSPS) is 14.3. The first kappa shape index (κ1) is 51.0. The van der Waals surface area contributed by atoms with Gasteiger partial charge in [-0.2, -0.15) is 0 Å². The number of benzene rings is 11. The lowest BCUT2D eigenvalue weighted by Gasteiger charge is -2.30. The Morgan fingerprint density at radius 3 is 1.31 bits per heavy atom. The Labute approximate surface area is 495 Å². The van der Waals surface area contributed by atoms with Gasteiger partial charge < -0.3 is 15.5 Å². The van der Waals surface area contributed by atoms with E-state index in [0.717, 1.165) is 66.5 Å². The number of para-hydroxylation sites is 2. The molecule has 1 heterocycles. The number of nitrogens with two attached hydrogens (primary N) is 1. The molecule has 15 rings (SSSR count). The van der Waals surface area contributed by atoms with E-state index in [1.54, 1.807) is 23.1 Å². The minimum Gasteiger partial charge on any atom is -0.398 e. The van der Waals surface area contributed by atoms with E-state index in [-0.39, 0.29) is 16.2 Å². The maximum Gasteiger partial charge on any atom is 0.124 e. The summed E-state index contributed by atoms with van der Waals surface area (Å²) in [4.78, 5) is 11.0. The minimum absolute atomic E-state index is 0.127. The zero-order valence-electron chi connectivity index (χ0n) is 47.5. The summed E-state index contributed by atoms with van der Waals surface area (Å²) < 4.78 is 1.20. The fourth-order valence-corrected chi connectivity index (χ4v) is 15.6. The highest BCUT2D eigenvalue weighted by Gasteiger charge is 2.39. The van der Waals surface area contributed by atoms with Gasteiger partial charge in [0.05, 0.1) is 10.2 Å². The van der Waals surface area contributed by atoms with Crippen LogP contribution < -0.4 is 15.5 Å². The Morgan fingerprint density at radius 1 is 0.373 bits per heavy atom. The molecule has 0 radical (unpaired) electrons. The van der Waals surface area contributed by atoms with Crippen LogP contribution in [0.2, 0.25) is 0 Å². The number of thiazole rings is 1.